The van der Waals surface area contributed by atoms with Crippen molar-refractivity contribution in [3.63, 3.8) is 0 Å². The van der Waals surface area contributed by atoms with Gasteiger partial charge in [-0.1, -0.05) is 0 Å². The van der Waals surface area contributed by atoms with Crippen LogP contribution >= 0.6 is 22.7 Å². The van der Waals surface area contributed by atoms with Crippen LogP contribution in [0.1, 0.15) is 10.6 Å². The van der Waals surface area contributed by atoms with Gasteiger partial charge in [0.1, 0.15) is 5.01 Å². The third-order valence-corrected chi connectivity index (χ3v) is 4.93. The topological polar surface area (TPSA) is 51.8 Å². The third kappa shape index (κ3) is 2.05. The van der Waals surface area contributed by atoms with Gasteiger partial charge in [-0.3, -0.25) is 4.98 Å². The summed E-state index contributed by atoms with van der Waals surface area (Å²) in [4.78, 5) is 10.3. The van der Waals surface area contributed by atoms with Gasteiger partial charge in [0.2, 0.25) is 0 Å². The molecule has 3 rings (SSSR count). The summed E-state index contributed by atoms with van der Waals surface area (Å²) in [5.74, 6) is 0. The lowest BCUT2D eigenvalue weighted by Gasteiger charge is -1.95. The summed E-state index contributed by atoms with van der Waals surface area (Å²) >= 11 is 3.43. The van der Waals surface area contributed by atoms with E-state index in [-0.39, 0.29) is 0 Å². The van der Waals surface area contributed by atoms with Crippen molar-refractivity contribution in [1.29, 1.82) is 0 Å². The number of thiophene rings is 1. The van der Waals surface area contributed by atoms with Crippen molar-refractivity contribution in [3.05, 3.63) is 34.3 Å². The first-order chi connectivity index (χ1) is 8.78. The second kappa shape index (κ2) is 4.76. The SMILES string of the molecule is Cc1nc(-c2cnc3ccsc3c2)sc1CCN. The Morgan fingerprint density at radius 1 is 1.39 bits per heavy atom. The number of nitrogens with zero attached hydrogens (tertiary/aromatic N) is 2. The lowest BCUT2D eigenvalue weighted by molar-refractivity contribution is 0.970. The van der Waals surface area contributed by atoms with Gasteiger partial charge in [0.25, 0.3) is 0 Å². The van der Waals surface area contributed by atoms with Crippen molar-refractivity contribution in [2.45, 2.75) is 13.3 Å². The average molecular weight is 275 g/mol. The molecule has 3 heterocycles. The van der Waals surface area contributed by atoms with Crippen molar-refractivity contribution >= 4 is 32.9 Å². The zero-order valence-corrected chi connectivity index (χ0v) is 11.6. The van der Waals surface area contributed by atoms with E-state index in [0.29, 0.717) is 6.54 Å². The number of aryl methyl sites for hydroxylation is 1. The van der Waals surface area contributed by atoms with Crippen LogP contribution < -0.4 is 5.73 Å². The predicted octanol–water partition coefficient (Wildman–Crippen LogP) is 3.23. The Morgan fingerprint density at radius 3 is 3.11 bits per heavy atom. The summed E-state index contributed by atoms with van der Waals surface area (Å²) < 4.78 is 1.21. The van der Waals surface area contributed by atoms with Crippen molar-refractivity contribution < 1.29 is 0 Å². The first kappa shape index (κ1) is 11.8. The van der Waals surface area contributed by atoms with Crippen molar-refractivity contribution in [1.82, 2.24) is 9.97 Å². The summed E-state index contributed by atoms with van der Waals surface area (Å²) in [5, 5.41) is 3.10. The van der Waals surface area contributed by atoms with Crippen LogP contribution in [0.4, 0.5) is 0 Å². The molecule has 0 unspecified atom stereocenters. The second-order valence-electron chi connectivity index (χ2n) is 4.09. The van der Waals surface area contributed by atoms with Gasteiger partial charge < -0.3 is 5.73 Å². The van der Waals surface area contributed by atoms with Gasteiger partial charge in [0.05, 0.1) is 15.9 Å². The molecule has 0 bridgehead atoms. The largest absolute Gasteiger partial charge is 0.330 e. The number of rotatable bonds is 3. The molecule has 18 heavy (non-hydrogen) atoms. The van der Waals surface area contributed by atoms with Gasteiger partial charge in [-0.05, 0) is 37.4 Å². The average Bonchev–Trinajstić information content (AvgIpc) is 2.96. The van der Waals surface area contributed by atoms with Gasteiger partial charge in [-0.25, -0.2) is 4.98 Å². The number of hydrogen-bond acceptors (Lipinski definition) is 5. The molecular formula is C13H13N3S2. The van der Waals surface area contributed by atoms with E-state index in [9.17, 15) is 0 Å². The van der Waals surface area contributed by atoms with Crippen LogP contribution in [0, 0.1) is 6.92 Å². The molecule has 0 aliphatic rings. The molecule has 0 aromatic carbocycles. The number of aromatic nitrogens is 2. The van der Waals surface area contributed by atoms with E-state index in [2.05, 4.69) is 21.4 Å². The van der Waals surface area contributed by atoms with Crippen LogP contribution in [-0.2, 0) is 6.42 Å². The van der Waals surface area contributed by atoms with Gasteiger partial charge in [-0.2, -0.15) is 0 Å². The highest BCUT2D eigenvalue weighted by molar-refractivity contribution is 7.17. The zero-order valence-electron chi connectivity index (χ0n) is 10.0. The van der Waals surface area contributed by atoms with Crippen molar-refractivity contribution in [2.75, 3.05) is 6.54 Å². The Morgan fingerprint density at radius 2 is 2.28 bits per heavy atom. The minimum absolute atomic E-state index is 0.671. The molecule has 0 aliphatic heterocycles. The highest BCUT2D eigenvalue weighted by Gasteiger charge is 2.10. The number of thiazole rings is 1. The van der Waals surface area contributed by atoms with Crippen molar-refractivity contribution in [2.24, 2.45) is 5.73 Å². The van der Waals surface area contributed by atoms with E-state index in [1.54, 1.807) is 22.7 Å². The molecule has 0 radical (unpaired) electrons. The van der Waals surface area contributed by atoms with Crippen LogP contribution in [0.15, 0.2) is 23.7 Å². The first-order valence-electron chi connectivity index (χ1n) is 5.78. The Labute approximate surface area is 113 Å². The lowest BCUT2D eigenvalue weighted by Crippen LogP contribution is -2.01. The van der Waals surface area contributed by atoms with E-state index in [1.807, 2.05) is 19.2 Å². The molecule has 0 aliphatic carbocycles. The minimum Gasteiger partial charge on any atom is -0.330 e. The van der Waals surface area contributed by atoms with Crippen LogP contribution in [0.2, 0.25) is 0 Å². The molecule has 3 aromatic heterocycles. The molecule has 0 fully saturated rings. The smallest absolute Gasteiger partial charge is 0.125 e. The minimum atomic E-state index is 0.671. The Kier molecular flexibility index (Phi) is 3.11. The molecule has 0 amide bonds. The molecule has 5 heteroatoms. The summed E-state index contributed by atoms with van der Waals surface area (Å²) in [7, 11) is 0. The summed E-state index contributed by atoms with van der Waals surface area (Å²) in [6, 6.07) is 4.20. The molecule has 3 aromatic rings. The molecule has 3 nitrogen and oxygen atoms in total. The normalized spacial score (nSPS) is 11.2. The Bertz CT molecular complexity index is 684. The predicted molar refractivity (Wildman–Crippen MR) is 78.2 cm³/mol. The second-order valence-corrected chi connectivity index (χ2v) is 6.13. The van der Waals surface area contributed by atoms with Crippen LogP contribution in [0.5, 0.6) is 0 Å². The number of hydrogen-bond donors (Lipinski definition) is 1. The molecule has 2 N–H and O–H groups in total. The maximum absolute atomic E-state index is 5.61. The molecule has 0 spiro atoms. The summed E-state index contributed by atoms with van der Waals surface area (Å²) in [6.07, 6.45) is 2.80. The van der Waals surface area contributed by atoms with Gasteiger partial charge in [-0.15, -0.1) is 22.7 Å². The lowest BCUT2D eigenvalue weighted by atomic mass is 10.2. The van der Waals surface area contributed by atoms with Gasteiger partial charge >= 0.3 is 0 Å². The summed E-state index contributed by atoms with van der Waals surface area (Å²) in [6.45, 7) is 2.72. The molecular weight excluding hydrogens is 262 g/mol. The fraction of sp³-hybridized carbons (Fsp3) is 0.231. The van der Waals surface area contributed by atoms with Crippen LogP contribution in [-0.4, -0.2) is 16.5 Å². The first-order valence-corrected chi connectivity index (χ1v) is 7.47. The highest BCUT2D eigenvalue weighted by Crippen LogP contribution is 2.30. The zero-order chi connectivity index (χ0) is 12.5. The number of pyridine rings is 1. The number of fused-ring (bicyclic) bond motifs is 1. The molecule has 0 atom stereocenters. The Balaban J connectivity index is 2.05. The van der Waals surface area contributed by atoms with E-state index in [0.717, 1.165) is 28.2 Å². The van der Waals surface area contributed by atoms with E-state index in [4.69, 9.17) is 5.73 Å². The molecule has 0 saturated heterocycles. The fourth-order valence-electron chi connectivity index (χ4n) is 1.88. The third-order valence-electron chi connectivity index (χ3n) is 2.81. The van der Waals surface area contributed by atoms with Gasteiger partial charge in [0.15, 0.2) is 0 Å². The maximum atomic E-state index is 5.61. The van der Waals surface area contributed by atoms with E-state index < -0.39 is 0 Å². The molecule has 92 valence electrons. The summed E-state index contributed by atoms with van der Waals surface area (Å²) in [5.41, 5.74) is 8.85. The van der Waals surface area contributed by atoms with Crippen LogP contribution in [0.25, 0.3) is 20.8 Å². The quantitative estimate of drug-likeness (QED) is 0.798. The van der Waals surface area contributed by atoms with Crippen LogP contribution in [0.3, 0.4) is 0 Å². The monoisotopic (exact) mass is 275 g/mol. The Hall–Kier alpha value is -1.30. The van der Waals surface area contributed by atoms with Crippen molar-refractivity contribution in [3.8, 4) is 10.6 Å². The van der Waals surface area contributed by atoms with E-state index in [1.165, 1.54) is 9.58 Å². The molecule has 0 saturated carbocycles. The standard InChI is InChI=1S/C13H13N3S2/c1-8-11(2-4-14)18-13(16-8)9-6-12-10(15-7-9)3-5-17-12/h3,5-7H,2,4,14H2,1H3. The number of nitrogens with two attached hydrogens (primary N) is 1. The fourth-order valence-corrected chi connectivity index (χ4v) is 3.72. The van der Waals surface area contributed by atoms with E-state index >= 15 is 0 Å². The van der Waals surface area contributed by atoms with Gasteiger partial charge in [0, 0.05) is 16.6 Å². The highest BCUT2D eigenvalue weighted by atomic mass is 32.1. The maximum Gasteiger partial charge on any atom is 0.125 e.